The van der Waals surface area contributed by atoms with E-state index in [9.17, 15) is 0 Å². The van der Waals surface area contributed by atoms with E-state index in [-0.39, 0.29) is 0 Å². The second-order valence-corrected chi connectivity index (χ2v) is 4.54. The highest BCUT2D eigenvalue weighted by atomic mass is 32.1. The Labute approximate surface area is 99.9 Å². The van der Waals surface area contributed by atoms with E-state index in [0.717, 1.165) is 28.4 Å². The molecule has 0 radical (unpaired) electrons. The van der Waals surface area contributed by atoms with Gasteiger partial charge in [-0.15, -0.1) is 11.3 Å². The molecule has 3 heteroatoms. The van der Waals surface area contributed by atoms with Crippen LogP contribution in [-0.2, 0) is 6.42 Å². The van der Waals surface area contributed by atoms with Crippen molar-refractivity contribution in [3.63, 3.8) is 0 Å². The first-order chi connectivity index (χ1) is 7.74. The summed E-state index contributed by atoms with van der Waals surface area (Å²) in [5, 5.41) is 3.09. The van der Waals surface area contributed by atoms with Gasteiger partial charge in [0.25, 0.3) is 0 Å². The van der Waals surface area contributed by atoms with Gasteiger partial charge in [-0.3, -0.25) is 0 Å². The number of hydrogen-bond acceptors (Lipinski definition) is 3. The molecule has 2 nitrogen and oxygen atoms in total. The highest BCUT2D eigenvalue weighted by Gasteiger charge is 2.09. The number of aromatic nitrogens is 1. The molecular weight excluding hydrogens is 218 g/mol. The lowest BCUT2D eigenvalue weighted by Crippen LogP contribution is -1.90. The highest BCUT2D eigenvalue weighted by molar-refractivity contribution is 7.13. The monoisotopic (exact) mass is 233 g/mol. The van der Waals surface area contributed by atoms with Gasteiger partial charge in [-0.25, -0.2) is 4.98 Å². The van der Waals surface area contributed by atoms with Crippen LogP contribution in [0.15, 0.2) is 23.6 Å². The Balaban J connectivity index is 2.52. The zero-order valence-electron chi connectivity index (χ0n) is 9.78. The Morgan fingerprint density at radius 3 is 2.75 bits per heavy atom. The maximum atomic E-state index is 5.38. The molecule has 0 aliphatic heterocycles. The van der Waals surface area contributed by atoms with Gasteiger partial charge in [-0.05, 0) is 31.0 Å². The number of ether oxygens (including phenoxy) is 1. The van der Waals surface area contributed by atoms with Gasteiger partial charge in [0.15, 0.2) is 0 Å². The van der Waals surface area contributed by atoms with E-state index in [1.807, 2.05) is 13.0 Å². The Hall–Kier alpha value is -1.35. The maximum absolute atomic E-state index is 5.38. The van der Waals surface area contributed by atoms with Crippen LogP contribution >= 0.6 is 11.3 Å². The third kappa shape index (κ3) is 2.09. The highest BCUT2D eigenvalue weighted by Crippen LogP contribution is 2.33. The number of hydrogen-bond donors (Lipinski definition) is 0. The molecule has 0 N–H and O–H groups in total. The fraction of sp³-hybridized carbons (Fsp3) is 0.308. The molecule has 2 aromatic rings. The third-order valence-electron chi connectivity index (χ3n) is 2.52. The molecule has 84 valence electrons. The predicted molar refractivity (Wildman–Crippen MR) is 68.2 cm³/mol. The lowest BCUT2D eigenvalue weighted by Gasteiger charge is -2.07. The molecule has 0 saturated heterocycles. The number of rotatable bonds is 3. The maximum Gasteiger partial charge on any atom is 0.129 e. The topological polar surface area (TPSA) is 22.1 Å². The molecular formula is C13H15NOS. The van der Waals surface area contributed by atoms with Crippen LogP contribution in [0.4, 0.5) is 0 Å². The molecule has 0 fully saturated rings. The summed E-state index contributed by atoms with van der Waals surface area (Å²) in [5.41, 5.74) is 3.47. The zero-order valence-corrected chi connectivity index (χ0v) is 10.6. The molecule has 0 spiro atoms. The zero-order chi connectivity index (χ0) is 11.5. The van der Waals surface area contributed by atoms with Gasteiger partial charge in [0.1, 0.15) is 10.8 Å². The van der Waals surface area contributed by atoms with Gasteiger partial charge in [0.2, 0.25) is 0 Å². The van der Waals surface area contributed by atoms with Crippen molar-refractivity contribution in [2.24, 2.45) is 0 Å². The van der Waals surface area contributed by atoms with Crippen LogP contribution < -0.4 is 4.74 Å². The number of nitrogens with zero attached hydrogens (tertiary/aromatic N) is 1. The summed E-state index contributed by atoms with van der Waals surface area (Å²) in [5.74, 6) is 0.895. The van der Waals surface area contributed by atoms with E-state index < -0.39 is 0 Å². The molecule has 1 heterocycles. The Kier molecular flexibility index (Phi) is 3.25. The minimum absolute atomic E-state index is 0.895. The first-order valence-corrected chi connectivity index (χ1v) is 6.22. The SMILES string of the molecule is CCc1ccc(OC)c(-c2nc(C)cs2)c1. The van der Waals surface area contributed by atoms with Crippen molar-refractivity contribution in [1.82, 2.24) is 4.98 Å². The van der Waals surface area contributed by atoms with Crippen molar-refractivity contribution in [3.05, 3.63) is 34.8 Å². The summed E-state index contributed by atoms with van der Waals surface area (Å²) >= 11 is 1.66. The van der Waals surface area contributed by atoms with Gasteiger partial charge in [0, 0.05) is 11.1 Å². The summed E-state index contributed by atoms with van der Waals surface area (Å²) in [6, 6.07) is 6.28. The average molecular weight is 233 g/mol. The minimum Gasteiger partial charge on any atom is -0.496 e. The van der Waals surface area contributed by atoms with Crippen LogP contribution in [0.1, 0.15) is 18.2 Å². The van der Waals surface area contributed by atoms with E-state index in [0.29, 0.717) is 0 Å². The summed E-state index contributed by atoms with van der Waals surface area (Å²) in [7, 11) is 1.70. The Morgan fingerprint density at radius 2 is 2.19 bits per heavy atom. The fourth-order valence-electron chi connectivity index (χ4n) is 1.62. The van der Waals surface area contributed by atoms with E-state index >= 15 is 0 Å². The molecule has 1 aromatic heterocycles. The summed E-state index contributed by atoms with van der Waals surface area (Å²) in [6.07, 6.45) is 1.03. The van der Waals surface area contributed by atoms with Gasteiger partial charge in [-0.2, -0.15) is 0 Å². The number of methoxy groups -OCH3 is 1. The molecule has 0 aliphatic carbocycles. The van der Waals surface area contributed by atoms with Crippen molar-refractivity contribution in [2.45, 2.75) is 20.3 Å². The van der Waals surface area contributed by atoms with Crippen molar-refractivity contribution in [1.29, 1.82) is 0 Å². The number of benzene rings is 1. The Morgan fingerprint density at radius 1 is 1.38 bits per heavy atom. The van der Waals surface area contributed by atoms with E-state index in [2.05, 4.69) is 29.4 Å². The molecule has 0 amide bonds. The van der Waals surface area contributed by atoms with Crippen LogP contribution in [0.25, 0.3) is 10.6 Å². The quantitative estimate of drug-likeness (QED) is 0.806. The minimum atomic E-state index is 0.895. The van der Waals surface area contributed by atoms with Crippen LogP contribution in [0.3, 0.4) is 0 Å². The summed E-state index contributed by atoms with van der Waals surface area (Å²) in [4.78, 5) is 4.50. The molecule has 0 unspecified atom stereocenters. The van der Waals surface area contributed by atoms with Crippen molar-refractivity contribution in [3.8, 4) is 16.3 Å². The van der Waals surface area contributed by atoms with Gasteiger partial charge < -0.3 is 4.74 Å². The lowest BCUT2D eigenvalue weighted by molar-refractivity contribution is 0.416. The standard InChI is InChI=1S/C13H15NOS/c1-4-10-5-6-12(15-3)11(7-10)13-14-9(2)8-16-13/h5-8H,4H2,1-3H3. The van der Waals surface area contributed by atoms with E-state index in [4.69, 9.17) is 4.74 Å². The van der Waals surface area contributed by atoms with Gasteiger partial charge >= 0.3 is 0 Å². The van der Waals surface area contributed by atoms with Gasteiger partial charge in [-0.1, -0.05) is 13.0 Å². The molecule has 0 atom stereocenters. The van der Waals surface area contributed by atoms with Crippen LogP contribution in [0, 0.1) is 6.92 Å². The molecule has 2 rings (SSSR count). The summed E-state index contributed by atoms with van der Waals surface area (Å²) < 4.78 is 5.38. The van der Waals surface area contributed by atoms with Crippen LogP contribution in [0.2, 0.25) is 0 Å². The Bertz CT molecular complexity index is 490. The first-order valence-electron chi connectivity index (χ1n) is 5.34. The normalized spacial score (nSPS) is 10.4. The lowest BCUT2D eigenvalue weighted by atomic mass is 10.1. The van der Waals surface area contributed by atoms with Crippen molar-refractivity contribution < 1.29 is 4.74 Å². The second-order valence-electron chi connectivity index (χ2n) is 3.68. The molecule has 0 aliphatic rings. The van der Waals surface area contributed by atoms with Crippen molar-refractivity contribution in [2.75, 3.05) is 7.11 Å². The second kappa shape index (κ2) is 4.66. The fourth-order valence-corrected chi connectivity index (χ4v) is 2.44. The average Bonchev–Trinajstić information content (AvgIpc) is 2.75. The van der Waals surface area contributed by atoms with E-state index in [1.165, 1.54) is 5.56 Å². The largest absolute Gasteiger partial charge is 0.496 e. The molecule has 0 bridgehead atoms. The number of thiazole rings is 1. The van der Waals surface area contributed by atoms with Crippen LogP contribution in [0.5, 0.6) is 5.75 Å². The molecule has 0 saturated carbocycles. The van der Waals surface area contributed by atoms with Gasteiger partial charge in [0.05, 0.1) is 12.7 Å². The smallest absolute Gasteiger partial charge is 0.129 e. The molecule has 16 heavy (non-hydrogen) atoms. The predicted octanol–water partition coefficient (Wildman–Crippen LogP) is 3.69. The molecule has 1 aromatic carbocycles. The first kappa shape index (κ1) is 11.1. The number of aryl methyl sites for hydroxylation is 2. The summed E-state index contributed by atoms with van der Waals surface area (Å²) in [6.45, 7) is 4.16. The van der Waals surface area contributed by atoms with Crippen molar-refractivity contribution >= 4 is 11.3 Å². The van der Waals surface area contributed by atoms with E-state index in [1.54, 1.807) is 18.4 Å². The van der Waals surface area contributed by atoms with Crippen LogP contribution in [-0.4, -0.2) is 12.1 Å². The third-order valence-corrected chi connectivity index (χ3v) is 3.51.